The molecule has 2 aromatic heterocycles. The Morgan fingerprint density at radius 1 is 1.07 bits per heavy atom. The summed E-state index contributed by atoms with van der Waals surface area (Å²) in [5.41, 5.74) is 1.13. The third kappa shape index (κ3) is 5.21. The molecule has 0 aliphatic carbocycles. The van der Waals surface area contributed by atoms with Crippen LogP contribution in [-0.2, 0) is 14.3 Å². The number of nitrogens with zero attached hydrogens (tertiary/aromatic N) is 1. The van der Waals surface area contributed by atoms with Gasteiger partial charge >= 0.3 is 11.9 Å². The standard InChI is InChI=1S/C21H18N2O6S/c1-2-28-21(26)16-11-17(14-7-4-3-5-8-14)30-19(16)22-18(24)13-29-20(25)15-9-6-10-23(27)12-15/h3-12H,2,13H2,1H3,(H,22,24). The zero-order chi connectivity index (χ0) is 21.5. The van der Waals surface area contributed by atoms with E-state index in [1.807, 2.05) is 30.3 Å². The van der Waals surface area contributed by atoms with Crippen molar-refractivity contribution in [2.24, 2.45) is 0 Å². The second kappa shape index (κ2) is 9.66. The number of nitrogens with one attached hydrogen (secondary N) is 1. The molecule has 3 rings (SSSR count). The normalized spacial score (nSPS) is 10.3. The zero-order valence-electron chi connectivity index (χ0n) is 16.0. The fourth-order valence-electron chi connectivity index (χ4n) is 2.54. The molecule has 0 fully saturated rings. The molecule has 0 spiro atoms. The number of benzene rings is 1. The van der Waals surface area contributed by atoms with Gasteiger partial charge in [-0.05, 0) is 24.6 Å². The molecule has 1 aromatic carbocycles. The van der Waals surface area contributed by atoms with Crippen molar-refractivity contribution in [2.75, 3.05) is 18.5 Å². The SMILES string of the molecule is CCOC(=O)c1cc(-c2ccccc2)sc1NC(=O)COC(=O)c1ccc[n+]([O-])c1. The molecular weight excluding hydrogens is 408 g/mol. The number of esters is 2. The molecule has 0 aliphatic heterocycles. The van der Waals surface area contributed by atoms with E-state index in [1.54, 1.807) is 13.0 Å². The number of ether oxygens (including phenoxy) is 2. The van der Waals surface area contributed by atoms with Crippen molar-refractivity contribution < 1.29 is 28.6 Å². The van der Waals surface area contributed by atoms with Gasteiger partial charge in [0.2, 0.25) is 0 Å². The number of thiophene rings is 1. The van der Waals surface area contributed by atoms with Crippen LogP contribution in [0.25, 0.3) is 10.4 Å². The first-order valence-electron chi connectivity index (χ1n) is 9.00. The predicted molar refractivity (Wildman–Crippen MR) is 110 cm³/mol. The van der Waals surface area contributed by atoms with Gasteiger partial charge in [-0.25, -0.2) is 9.59 Å². The van der Waals surface area contributed by atoms with E-state index in [-0.39, 0.29) is 17.7 Å². The van der Waals surface area contributed by atoms with Crippen LogP contribution in [0.15, 0.2) is 60.9 Å². The lowest BCUT2D eigenvalue weighted by atomic mass is 10.1. The highest BCUT2D eigenvalue weighted by atomic mass is 32.1. The van der Waals surface area contributed by atoms with E-state index in [0.29, 0.717) is 9.73 Å². The van der Waals surface area contributed by atoms with Gasteiger partial charge in [-0.2, -0.15) is 4.73 Å². The van der Waals surface area contributed by atoms with Gasteiger partial charge < -0.3 is 20.0 Å². The van der Waals surface area contributed by atoms with Crippen LogP contribution in [0.3, 0.4) is 0 Å². The number of hydrogen-bond acceptors (Lipinski definition) is 7. The third-order valence-electron chi connectivity index (χ3n) is 3.88. The van der Waals surface area contributed by atoms with Crippen LogP contribution < -0.4 is 10.0 Å². The lowest BCUT2D eigenvalue weighted by Crippen LogP contribution is -2.27. The largest absolute Gasteiger partial charge is 0.619 e. The number of carbonyl (C=O) groups is 3. The van der Waals surface area contributed by atoms with Crippen molar-refractivity contribution >= 4 is 34.2 Å². The molecule has 0 saturated heterocycles. The Labute approximate surface area is 176 Å². The van der Waals surface area contributed by atoms with Gasteiger partial charge in [-0.3, -0.25) is 4.79 Å². The van der Waals surface area contributed by atoms with Gasteiger partial charge in [0.15, 0.2) is 19.0 Å². The first kappa shape index (κ1) is 21.0. The van der Waals surface area contributed by atoms with Crippen molar-refractivity contribution in [3.63, 3.8) is 0 Å². The molecule has 0 atom stereocenters. The van der Waals surface area contributed by atoms with Crippen LogP contribution >= 0.6 is 11.3 Å². The maximum Gasteiger partial charge on any atom is 0.344 e. The highest BCUT2D eigenvalue weighted by Gasteiger charge is 2.20. The number of amides is 1. The molecule has 0 unspecified atom stereocenters. The summed E-state index contributed by atoms with van der Waals surface area (Å²) in [5.74, 6) is -1.99. The van der Waals surface area contributed by atoms with Crippen molar-refractivity contribution in [3.05, 3.63) is 77.3 Å². The monoisotopic (exact) mass is 426 g/mol. The maximum absolute atomic E-state index is 12.3. The quantitative estimate of drug-likeness (QED) is 0.353. The van der Waals surface area contributed by atoms with Gasteiger partial charge in [-0.15, -0.1) is 11.3 Å². The lowest BCUT2D eigenvalue weighted by Gasteiger charge is -2.07. The van der Waals surface area contributed by atoms with Crippen LogP contribution in [0.2, 0.25) is 0 Å². The average Bonchev–Trinajstić information content (AvgIpc) is 3.16. The molecule has 0 aliphatic rings. The lowest BCUT2D eigenvalue weighted by molar-refractivity contribution is -0.605. The highest BCUT2D eigenvalue weighted by Crippen LogP contribution is 2.35. The minimum Gasteiger partial charge on any atom is -0.619 e. The van der Waals surface area contributed by atoms with Gasteiger partial charge in [0.1, 0.15) is 10.6 Å². The Morgan fingerprint density at radius 3 is 2.53 bits per heavy atom. The minimum absolute atomic E-state index is 0.0231. The number of carbonyl (C=O) groups excluding carboxylic acids is 3. The van der Waals surface area contributed by atoms with Gasteiger partial charge in [0.25, 0.3) is 5.91 Å². The van der Waals surface area contributed by atoms with E-state index in [1.165, 1.54) is 29.7 Å². The van der Waals surface area contributed by atoms with Gasteiger partial charge in [0, 0.05) is 10.9 Å². The van der Waals surface area contributed by atoms with E-state index in [0.717, 1.165) is 16.6 Å². The molecular formula is C21H18N2O6S. The molecule has 154 valence electrons. The summed E-state index contributed by atoms with van der Waals surface area (Å²) in [6, 6.07) is 13.8. The molecule has 9 heteroatoms. The van der Waals surface area contributed by atoms with Gasteiger partial charge in [0.05, 0.1) is 12.2 Å². The summed E-state index contributed by atoms with van der Waals surface area (Å²) in [4.78, 5) is 37.3. The zero-order valence-corrected chi connectivity index (χ0v) is 16.8. The van der Waals surface area contributed by atoms with Crippen LogP contribution in [0.5, 0.6) is 0 Å². The Hall–Kier alpha value is -3.72. The summed E-state index contributed by atoms with van der Waals surface area (Å²) >= 11 is 1.21. The molecule has 30 heavy (non-hydrogen) atoms. The van der Waals surface area contributed by atoms with Gasteiger partial charge in [-0.1, -0.05) is 30.3 Å². The van der Waals surface area contributed by atoms with Crippen molar-refractivity contribution in [2.45, 2.75) is 6.92 Å². The Bertz CT molecular complexity index is 1060. The number of pyridine rings is 1. The van der Waals surface area contributed by atoms with Crippen molar-refractivity contribution in [1.82, 2.24) is 0 Å². The molecule has 1 amide bonds. The molecule has 8 nitrogen and oxygen atoms in total. The highest BCUT2D eigenvalue weighted by molar-refractivity contribution is 7.20. The van der Waals surface area contributed by atoms with Crippen molar-refractivity contribution in [1.29, 1.82) is 0 Å². The Morgan fingerprint density at radius 2 is 1.83 bits per heavy atom. The number of hydrogen-bond donors (Lipinski definition) is 1. The average molecular weight is 426 g/mol. The van der Waals surface area contributed by atoms with Crippen LogP contribution in [0.4, 0.5) is 5.00 Å². The summed E-state index contributed by atoms with van der Waals surface area (Å²) in [5, 5.41) is 14.1. The van der Waals surface area contributed by atoms with E-state index in [2.05, 4.69) is 5.32 Å². The van der Waals surface area contributed by atoms with E-state index >= 15 is 0 Å². The molecule has 0 radical (unpaired) electrons. The summed E-state index contributed by atoms with van der Waals surface area (Å²) in [6.45, 7) is 1.31. The molecule has 3 aromatic rings. The third-order valence-corrected chi connectivity index (χ3v) is 4.98. The second-order valence-electron chi connectivity index (χ2n) is 6.02. The van der Waals surface area contributed by atoms with E-state index in [4.69, 9.17) is 9.47 Å². The maximum atomic E-state index is 12.3. The first-order valence-corrected chi connectivity index (χ1v) is 9.81. The van der Waals surface area contributed by atoms with E-state index in [9.17, 15) is 19.6 Å². The van der Waals surface area contributed by atoms with E-state index < -0.39 is 24.5 Å². The smallest absolute Gasteiger partial charge is 0.344 e. The second-order valence-corrected chi connectivity index (χ2v) is 7.07. The topological polar surface area (TPSA) is 109 Å². The number of anilines is 1. The first-order chi connectivity index (χ1) is 14.5. The van der Waals surface area contributed by atoms with Crippen molar-refractivity contribution in [3.8, 4) is 10.4 Å². The Balaban J connectivity index is 1.72. The molecule has 1 N–H and O–H groups in total. The summed E-state index contributed by atoms with van der Waals surface area (Å²) in [6.07, 6.45) is 2.27. The summed E-state index contributed by atoms with van der Waals surface area (Å²) in [7, 11) is 0. The Kier molecular flexibility index (Phi) is 6.76. The van der Waals surface area contributed by atoms with Crippen LogP contribution in [-0.4, -0.2) is 31.1 Å². The fourth-order valence-corrected chi connectivity index (χ4v) is 3.61. The molecule has 0 bridgehead atoms. The minimum atomic E-state index is -0.808. The van der Waals surface area contributed by atoms with Crippen LogP contribution in [0, 0.1) is 5.21 Å². The van der Waals surface area contributed by atoms with Crippen LogP contribution in [0.1, 0.15) is 27.6 Å². The predicted octanol–water partition coefficient (Wildman–Crippen LogP) is 3.02. The number of aromatic nitrogens is 1. The summed E-state index contributed by atoms with van der Waals surface area (Å²) < 4.78 is 10.5. The number of rotatable bonds is 7. The molecule has 0 saturated carbocycles. The fraction of sp³-hybridized carbons (Fsp3) is 0.143. The molecule has 2 heterocycles.